The van der Waals surface area contributed by atoms with Crippen LogP contribution in [0.5, 0.6) is 0 Å². The van der Waals surface area contributed by atoms with E-state index in [0.717, 1.165) is 53.1 Å². The van der Waals surface area contributed by atoms with Crippen LogP contribution in [0.2, 0.25) is 0 Å². The van der Waals surface area contributed by atoms with Gasteiger partial charge in [-0.05, 0) is 48.6 Å². The number of anilines is 1. The second-order valence-electron chi connectivity index (χ2n) is 7.14. The Kier molecular flexibility index (Phi) is 8.02. The highest BCUT2D eigenvalue weighted by atomic mass is 35.5. The number of aryl methyl sites for hydroxylation is 2. The van der Waals surface area contributed by atoms with E-state index in [1.807, 2.05) is 28.5 Å². The van der Waals surface area contributed by atoms with E-state index in [2.05, 4.69) is 30.9 Å². The molecule has 0 unspecified atom stereocenters. The van der Waals surface area contributed by atoms with Crippen LogP contribution in [0.15, 0.2) is 35.7 Å². The molecule has 30 heavy (non-hydrogen) atoms. The second-order valence-corrected chi connectivity index (χ2v) is 9.13. The largest absolute Gasteiger partial charge is 0.379 e. The monoisotopic (exact) mass is 463 g/mol. The van der Waals surface area contributed by atoms with Crippen LogP contribution in [0.4, 0.5) is 5.13 Å². The number of thiophene rings is 1. The van der Waals surface area contributed by atoms with Crippen molar-refractivity contribution in [1.82, 2.24) is 9.88 Å². The summed E-state index contributed by atoms with van der Waals surface area (Å²) in [6.07, 6.45) is 3.55. The van der Waals surface area contributed by atoms with Gasteiger partial charge in [-0.25, -0.2) is 4.98 Å². The first-order chi connectivity index (χ1) is 14.1. The zero-order chi connectivity index (χ0) is 20.2. The molecule has 3 heterocycles. The highest BCUT2D eigenvalue weighted by Crippen LogP contribution is 2.32. The molecular weight excluding hydrogens is 438 g/mol. The number of fused-ring (bicyclic) bond motifs is 1. The average molecular weight is 464 g/mol. The Bertz CT molecular complexity index is 1010. The smallest absolute Gasteiger partial charge is 0.252 e. The fourth-order valence-corrected chi connectivity index (χ4v) is 5.00. The van der Waals surface area contributed by atoms with Gasteiger partial charge in [-0.3, -0.25) is 14.6 Å². The van der Waals surface area contributed by atoms with Crippen molar-refractivity contribution in [2.24, 2.45) is 0 Å². The molecule has 0 radical (unpaired) electrons. The number of hydrogen-bond donors (Lipinski definition) is 0. The van der Waals surface area contributed by atoms with Crippen molar-refractivity contribution in [2.75, 3.05) is 44.3 Å². The first-order valence-electron chi connectivity index (χ1n) is 9.82. The molecule has 0 aliphatic carbocycles. The van der Waals surface area contributed by atoms with E-state index in [0.29, 0.717) is 6.54 Å². The van der Waals surface area contributed by atoms with Crippen LogP contribution in [0.25, 0.3) is 16.3 Å². The SMILES string of the molecule is Cc1ccc2sc(N(CCN3CCOCC3)C(=O)/C=C/c3cccs3)nc2c1C.Cl. The van der Waals surface area contributed by atoms with Crippen molar-refractivity contribution in [3.05, 3.63) is 51.7 Å². The quantitative estimate of drug-likeness (QED) is 0.494. The Morgan fingerprint density at radius 1 is 1.27 bits per heavy atom. The summed E-state index contributed by atoms with van der Waals surface area (Å²) in [7, 11) is 0. The van der Waals surface area contributed by atoms with Gasteiger partial charge in [0, 0.05) is 37.1 Å². The minimum absolute atomic E-state index is 0. The van der Waals surface area contributed by atoms with Crippen LogP contribution in [-0.2, 0) is 9.53 Å². The predicted octanol–water partition coefficient (Wildman–Crippen LogP) is 4.78. The van der Waals surface area contributed by atoms with E-state index in [4.69, 9.17) is 9.72 Å². The highest BCUT2D eigenvalue weighted by Gasteiger charge is 2.20. The van der Waals surface area contributed by atoms with Gasteiger partial charge >= 0.3 is 0 Å². The molecule has 1 fully saturated rings. The van der Waals surface area contributed by atoms with Crippen LogP contribution in [0.1, 0.15) is 16.0 Å². The molecule has 1 aliphatic rings. The van der Waals surface area contributed by atoms with E-state index in [9.17, 15) is 4.79 Å². The average Bonchev–Trinajstić information content (AvgIpc) is 3.40. The first kappa shape index (κ1) is 22.9. The Labute approximate surface area is 191 Å². The lowest BCUT2D eigenvalue weighted by atomic mass is 10.1. The number of carbonyl (C=O) groups excluding carboxylic acids is 1. The summed E-state index contributed by atoms with van der Waals surface area (Å²) in [5.41, 5.74) is 3.40. The molecular formula is C22H26ClN3O2S2. The molecule has 160 valence electrons. The van der Waals surface area contributed by atoms with Crippen LogP contribution in [0.3, 0.4) is 0 Å². The van der Waals surface area contributed by atoms with Gasteiger partial charge in [0.15, 0.2) is 5.13 Å². The molecule has 4 rings (SSSR count). The number of amides is 1. The normalized spacial score (nSPS) is 14.9. The third-order valence-corrected chi connectivity index (χ3v) is 7.13. The number of halogens is 1. The fraction of sp³-hybridized carbons (Fsp3) is 0.364. The molecule has 0 atom stereocenters. The molecule has 5 nitrogen and oxygen atoms in total. The molecule has 0 spiro atoms. The summed E-state index contributed by atoms with van der Waals surface area (Å²) in [5, 5.41) is 2.78. The molecule has 0 saturated carbocycles. The van der Waals surface area contributed by atoms with Crippen LogP contribution in [0, 0.1) is 13.8 Å². The Balaban J connectivity index is 0.00000256. The molecule has 8 heteroatoms. The third-order valence-electron chi connectivity index (χ3n) is 5.25. The summed E-state index contributed by atoms with van der Waals surface area (Å²) in [5.74, 6) is -0.0277. The van der Waals surface area contributed by atoms with Gasteiger partial charge in [0.2, 0.25) is 0 Å². The van der Waals surface area contributed by atoms with Gasteiger partial charge in [0.1, 0.15) is 0 Å². The molecule has 1 aliphatic heterocycles. The van der Waals surface area contributed by atoms with Crippen LogP contribution >= 0.6 is 35.1 Å². The summed E-state index contributed by atoms with van der Waals surface area (Å²) in [4.78, 5) is 23.2. The Morgan fingerprint density at radius 3 is 2.80 bits per heavy atom. The standard InChI is InChI=1S/C22H25N3O2S2.ClH/c1-16-5-7-19-21(17(16)2)23-22(29-19)25(10-9-24-11-13-27-14-12-24)20(26)8-6-18-4-3-15-28-18;/h3-8,15H,9-14H2,1-2H3;1H/b8-6+;. The molecule has 3 aromatic rings. The number of thiazole rings is 1. The van der Waals surface area contributed by atoms with Gasteiger partial charge in [0.25, 0.3) is 5.91 Å². The topological polar surface area (TPSA) is 45.7 Å². The van der Waals surface area contributed by atoms with Crippen molar-refractivity contribution >= 4 is 62.4 Å². The molecule has 1 aromatic carbocycles. The number of ether oxygens (including phenoxy) is 1. The van der Waals surface area contributed by atoms with Gasteiger partial charge in [0.05, 0.1) is 23.4 Å². The maximum absolute atomic E-state index is 13.1. The lowest BCUT2D eigenvalue weighted by Crippen LogP contribution is -2.42. The molecule has 0 bridgehead atoms. The number of morpholine rings is 1. The van der Waals surface area contributed by atoms with E-state index >= 15 is 0 Å². The zero-order valence-electron chi connectivity index (χ0n) is 17.2. The highest BCUT2D eigenvalue weighted by molar-refractivity contribution is 7.22. The number of rotatable bonds is 6. The van der Waals surface area contributed by atoms with Crippen molar-refractivity contribution in [3.8, 4) is 0 Å². The molecule has 1 amide bonds. The van der Waals surface area contributed by atoms with Gasteiger partial charge in [-0.15, -0.1) is 23.7 Å². The third kappa shape index (κ3) is 5.28. The molecule has 2 aromatic heterocycles. The summed E-state index contributed by atoms with van der Waals surface area (Å²) >= 11 is 3.21. The van der Waals surface area contributed by atoms with Gasteiger partial charge in [-0.2, -0.15) is 0 Å². The van der Waals surface area contributed by atoms with Crippen molar-refractivity contribution < 1.29 is 9.53 Å². The minimum atomic E-state index is -0.0277. The Hall–Kier alpha value is -1.77. The lowest BCUT2D eigenvalue weighted by Gasteiger charge is -2.28. The number of carbonyl (C=O) groups is 1. The van der Waals surface area contributed by atoms with E-state index in [1.165, 1.54) is 11.1 Å². The summed E-state index contributed by atoms with van der Waals surface area (Å²) < 4.78 is 6.56. The van der Waals surface area contributed by atoms with Crippen LogP contribution in [-0.4, -0.2) is 55.2 Å². The number of nitrogens with zero attached hydrogens (tertiary/aromatic N) is 3. The summed E-state index contributed by atoms with van der Waals surface area (Å²) in [6.45, 7) is 8.95. The van der Waals surface area contributed by atoms with Gasteiger partial charge in [-0.1, -0.05) is 23.5 Å². The van der Waals surface area contributed by atoms with Crippen molar-refractivity contribution in [3.63, 3.8) is 0 Å². The predicted molar refractivity (Wildman–Crippen MR) is 129 cm³/mol. The molecule has 0 N–H and O–H groups in total. The fourth-order valence-electron chi connectivity index (χ4n) is 3.33. The number of hydrogen-bond acceptors (Lipinski definition) is 6. The number of aromatic nitrogens is 1. The maximum Gasteiger partial charge on any atom is 0.252 e. The van der Waals surface area contributed by atoms with E-state index in [1.54, 1.807) is 28.7 Å². The first-order valence-corrected chi connectivity index (χ1v) is 11.5. The number of benzene rings is 1. The van der Waals surface area contributed by atoms with E-state index < -0.39 is 0 Å². The summed E-state index contributed by atoms with van der Waals surface area (Å²) in [6, 6.07) is 8.22. The van der Waals surface area contributed by atoms with Crippen molar-refractivity contribution in [2.45, 2.75) is 13.8 Å². The maximum atomic E-state index is 13.1. The van der Waals surface area contributed by atoms with Crippen molar-refractivity contribution in [1.29, 1.82) is 0 Å². The zero-order valence-corrected chi connectivity index (χ0v) is 19.6. The minimum Gasteiger partial charge on any atom is -0.379 e. The second kappa shape index (κ2) is 10.5. The lowest BCUT2D eigenvalue weighted by molar-refractivity contribution is -0.114. The van der Waals surface area contributed by atoms with Crippen LogP contribution < -0.4 is 4.90 Å². The Morgan fingerprint density at radius 2 is 2.07 bits per heavy atom. The van der Waals surface area contributed by atoms with Gasteiger partial charge < -0.3 is 4.74 Å². The molecule has 1 saturated heterocycles. The van der Waals surface area contributed by atoms with E-state index in [-0.39, 0.29) is 18.3 Å².